The standard InChI is InChI=1S/C23H18F6N4O4S/c24-22(25,26)15-8-14(9-16(11-15)23(27,28)29)21-31-5-4-17(33-21)12-19(20(30)35)13-2-1-3-18(10-13)38(36,37)32-6-7-34/h1-5,8-12,32,34H,6-7H2,(H2,30,35)/b19-12+. The number of carbonyl (C=O) groups excluding carboxylic acids is 1. The minimum absolute atomic E-state index is 0.0305. The normalized spacial score (nSPS) is 13.0. The fraction of sp³-hybridized carbons (Fsp3) is 0.174. The highest BCUT2D eigenvalue weighted by molar-refractivity contribution is 7.89. The van der Waals surface area contributed by atoms with E-state index in [1.165, 1.54) is 24.3 Å². The van der Waals surface area contributed by atoms with Gasteiger partial charge in [-0.3, -0.25) is 4.79 Å². The van der Waals surface area contributed by atoms with Crippen LogP contribution in [0.15, 0.2) is 59.6 Å². The summed E-state index contributed by atoms with van der Waals surface area (Å²) < 4.78 is 106. The predicted octanol–water partition coefficient (Wildman–Crippen LogP) is 3.48. The lowest BCUT2D eigenvalue weighted by molar-refractivity contribution is -0.143. The number of benzene rings is 2. The number of sulfonamides is 1. The highest BCUT2D eigenvalue weighted by Crippen LogP contribution is 2.38. The first-order chi connectivity index (χ1) is 17.6. The lowest BCUT2D eigenvalue weighted by Gasteiger charge is -2.14. The van der Waals surface area contributed by atoms with E-state index in [1.807, 2.05) is 0 Å². The molecule has 3 aromatic rings. The first-order valence-electron chi connectivity index (χ1n) is 10.5. The quantitative estimate of drug-likeness (QED) is 0.285. The smallest absolute Gasteiger partial charge is 0.395 e. The average Bonchev–Trinajstić information content (AvgIpc) is 2.85. The molecule has 8 nitrogen and oxygen atoms in total. The van der Waals surface area contributed by atoms with Gasteiger partial charge in [0.05, 0.1) is 28.3 Å². The van der Waals surface area contributed by atoms with Crippen molar-refractivity contribution in [1.82, 2.24) is 14.7 Å². The Bertz CT molecular complexity index is 1460. The Labute approximate surface area is 211 Å². The number of aliphatic hydroxyl groups is 1. The summed E-state index contributed by atoms with van der Waals surface area (Å²) in [4.78, 5) is 19.6. The minimum atomic E-state index is -5.08. The molecule has 0 radical (unpaired) electrons. The number of halogens is 6. The van der Waals surface area contributed by atoms with E-state index in [0.717, 1.165) is 18.3 Å². The second-order valence-corrected chi connectivity index (χ2v) is 9.44. The topological polar surface area (TPSA) is 135 Å². The maximum Gasteiger partial charge on any atom is 0.416 e. The van der Waals surface area contributed by atoms with Gasteiger partial charge in [-0.1, -0.05) is 12.1 Å². The third-order valence-electron chi connectivity index (χ3n) is 4.94. The number of amides is 1. The van der Waals surface area contributed by atoms with Crippen LogP contribution in [0.2, 0.25) is 0 Å². The number of alkyl halides is 6. The maximum absolute atomic E-state index is 13.2. The van der Waals surface area contributed by atoms with Gasteiger partial charge in [0.2, 0.25) is 15.9 Å². The summed E-state index contributed by atoms with van der Waals surface area (Å²) in [7, 11) is -4.05. The molecular formula is C23H18F6N4O4S. The van der Waals surface area contributed by atoms with Crippen LogP contribution in [0.1, 0.15) is 22.4 Å². The lowest BCUT2D eigenvalue weighted by Crippen LogP contribution is -2.26. The lowest BCUT2D eigenvalue weighted by atomic mass is 10.0. The van der Waals surface area contributed by atoms with Gasteiger partial charge in [0.15, 0.2) is 5.82 Å². The van der Waals surface area contributed by atoms with Crippen molar-refractivity contribution in [3.8, 4) is 11.4 Å². The molecule has 2 aromatic carbocycles. The fourth-order valence-electron chi connectivity index (χ4n) is 3.21. The highest BCUT2D eigenvalue weighted by Gasteiger charge is 2.37. The van der Waals surface area contributed by atoms with Gasteiger partial charge in [-0.25, -0.2) is 23.1 Å². The van der Waals surface area contributed by atoms with Crippen LogP contribution in [0.3, 0.4) is 0 Å². The Morgan fingerprint density at radius 1 is 1.00 bits per heavy atom. The summed E-state index contributed by atoms with van der Waals surface area (Å²) in [6.45, 7) is -0.724. The van der Waals surface area contributed by atoms with E-state index in [4.69, 9.17) is 10.8 Å². The number of rotatable bonds is 8. The molecule has 0 aliphatic heterocycles. The summed E-state index contributed by atoms with van der Waals surface area (Å²) in [6, 6.07) is 7.10. The SMILES string of the molecule is NC(=O)/C(=C/c1ccnc(-c2cc(C(F)(F)F)cc(C(F)(F)F)c2)n1)c1cccc(S(=O)(=O)NCCO)c1. The second-order valence-electron chi connectivity index (χ2n) is 7.67. The van der Waals surface area contributed by atoms with Crippen molar-refractivity contribution in [1.29, 1.82) is 0 Å². The first-order valence-corrected chi connectivity index (χ1v) is 12.0. The van der Waals surface area contributed by atoms with Crippen LogP contribution in [-0.2, 0) is 27.2 Å². The molecule has 38 heavy (non-hydrogen) atoms. The number of aromatic nitrogens is 2. The molecule has 15 heteroatoms. The first kappa shape index (κ1) is 28.7. The molecule has 202 valence electrons. The molecule has 0 fully saturated rings. The molecule has 0 saturated heterocycles. The maximum atomic E-state index is 13.2. The monoisotopic (exact) mass is 560 g/mol. The Hall–Kier alpha value is -3.82. The van der Waals surface area contributed by atoms with Crippen molar-refractivity contribution in [2.45, 2.75) is 17.2 Å². The van der Waals surface area contributed by atoms with Crippen LogP contribution in [0, 0.1) is 0 Å². The number of primary amides is 1. The zero-order valence-electron chi connectivity index (χ0n) is 19.0. The molecule has 0 aliphatic carbocycles. The van der Waals surface area contributed by atoms with Crippen molar-refractivity contribution in [2.24, 2.45) is 5.73 Å². The van der Waals surface area contributed by atoms with Crippen LogP contribution < -0.4 is 10.5 Å². The van der Waals surface area contributed by atoms with Gasteiger partial charge in [0.25, 0.3) is 0 Å². The molecule has 1 amide bonds. The van der Waals surface area contributed by atoms with Crippen molar-refractivity contribution < 1.29 is 44.7 Å². The average molecular weight is 560 g/mol. The molecule has 0 atom stereocenters. The largest absolute Gasteiger partial charge is 0.416 e. The molecule has 1 heterocycles. The molecular weight excluding hydrogens is 542 g/mol. The molecule has 0 unspecified atom stereocenters. The zero-order chi connectivity index (χ0) is 28.3. The second kappa shape index (κ2) is 10.9. The number of nitrogens with one attached hydrogen (secondary N) is 1. The van der Waals surface area contributed by atoms with E-state index in [2.05, 4.69) is 14.7 Å². The van der Waals surface area contributed by atoms with E-state index in [0.29, 0.717) is 12.1 Å². The Morgan fingerprint density at radius 2 is 1.63 bits per heavy atom. The Kier molecular flexibility index (Phi) is 8.24. The van der Waals surface area contributed by atoms with Gasteiger partial charge in [0, 0.05) is 23.9 Å². The molecule has 1 aromatic heterocycles. The number of hydrogen-bond acceptors (Lipinski definition) is 6. The van der Waals surface area contributed by atoms with Crippen molar-refractivity contribution in [3.05, 3.63) is 77.1 Å². The van der Waals surface area contributed by atoms with Crippen LogP contribution >= 0.6 is 0 Å². The number of nitrogens with zero attached hydrogens (tertiary/aromatic N) is 2. The van der Waals surface area contributed by atoms with E-state index in [9.17, 15) is 39.6 Å². The fourth-order valence-corrected chi connectivity index (χ4v) is 4.28. The van der Waals surface area contributed by atoms with E-state index in [1.54, 1.807) is 0 Å². The summed E-state index contributed by atoms with van der Waals surface area (Å²) in [5, 5.41) is 8.85. The van der Waals surface area contributed by atoms with Crippen molar-refractivity contribution in [2.75, 3.05) is 13.2 Å². The van der Waals surface area contributed by atoms with Gasteiger partial charge in [0.1, 0.15) is 0 Å². The number of aliphatic hydroxyl groups excluding tert-OH is 1. The van der Waals surface area contributed by atoms with Crippen LogP contribution in [-0.4, -0.2) is 42.6 Å². The van der Waals surface area contributed by atoms with Gasteiger partial charge >= 0.3 is 12.4 Å². The molecule has 0 aliphatic rings. The van der Waals surface area contributed by atoms with E-state index < -0.39 is 57.4 Å². The van der Waals surface area contributed by atoms with Crippen molar-refractivity contribution >= 4 is 27.6 Å². The third-order valence-corrected chi connectivity index (χ3v) is 6.40. The zero-order valence-corrected chi connectivity index (χ0v) is 19.8. The van der Waals surface area contributed by atoms with Crippen LogP contribution in [0.5, 0.6) is 0 Å². The highest BCUT2D eigenvalue weighted by atomic mass is 32.2. The predicted molar refractivity (Wildman–Crippen MR) is 123 cm³/mol. The van der Waals surface area contributed by atoms with Crippen molar-refractivity contribution in [3.63, 3.8) is 0 Å². The van der Waals surface area contributed by atoms with Gasteiger partial charge < -0.3 is 10.8 Å². The van der Waals surface area contributed by atoms with E-state index >= 15 is 0 Å². The Balaban J connectivity index is 2.10. The molecule has 0 spiro atoms. The van der Waals surface area contributed by atoms with Gasteiger partial charge in [-0.05, 0) is 48.0 Å². The number of nitrogens with two attached hydrogens (primary N) is 1. The van der Waals surface area contributed by atoms with E-state index in [-0.39, 0.29) is 34.3 Å². The summed E-state index contributed by atoms with van der Waals surface area (Å²) >= 11 is 0. The summed E-state index contributed by atoms with van der Waals surface area (Å²) in [5.41, 5.74) is 1.41. The number of hydrogen-bond donors (Lipinski definition) is 3. The molecule has 3 rings (SSSR count). The summed E-state index contributed by atoms with van der Waals surface area (Å²) in [5.74, 6) is -1.52. The third kappa shape index (κ3) is 6.93. The van der Waals surface area contributed by atoms with Crippen LogP contribution in [0.4, 0.5) is 26.3 Å². The molecule has 4 N–H and O–H groups in total. The summed E-state index contributed by atoms with van der Waals surface area (Å²) in [6.07, 6.45) is -8.02. The Morgan fingerprint density at radius 3 is 2.18 bits per heavy atom. The number of carbonyl (C=O) groups is 1. The van der Waals surface area contributed by atoms with Gasteiger partial charge in [-0.15, -0.1) is 0 Å². The molecule has 0 bridgehead atoms. The van der Waals surface area contributed by atoms with Gasteiger partial charge in [-0.2, -0.15) is 26.3 Å². The molecule has 0 saturated carbocycles. The minimum Gasteiger partial charge on any atom is -0.395 e. The van der Waals surface area contributed by atoms with Crippen LogP contribution in [0.25, 0.3) is 23.0 Å².